The van der Waals surface area contributed by atoms with Crippen molar-refractivity contribution >= 4 is 23.4 Å². The molecule has 25 heavy (non-hydrogen) atoms. The zero-order valence-electron chi connectivity index (χ0n) is 14.2. The lowest BCUT2D eigenvalue weighted by Crippen LogP contribution is -2.29. The van der Waals surface area contributed by atoms with Crippen LogP contribution in [0.3, 0.4) is 0 Å². The molecule has 1 amide bonds. The highest BCUT2D eigenvalue weighted by Crippen LogP contribution is 2.21. The molecule has 0 spiro atoms. The second-order valence-corrected chi connectivity index (χ2v) is 6.56. The van der Waals surface area contributed by atoms with Gasteiger partial charge in [0.25, 0.3) is 5.69 Å². The van der Waals surface area contributed by atoms with Crippen LogP contribution in [0.1, 0.15) is 11.1 Å². The van der Waals surface area contributed by atoms with E-state index in [1.165, 1.54) is 29.5 Å². The summed E-state index contributed by atoms with van der Waals surface area (Å²) in [7, 11) is 0. The number of hydrogen-bond acceptors (Lipinski definition) is 5. The van der Waals surface area contributed by atoms with Crippen LogP contribution >= 0.6 is 11.8 Å². The van der Waals surface area contributed by atoms with E-state index in [2.05, 4.69) is 11.4 Å². The number of nitro benzene ring substituents is 1. The summed E-state index contributed by atoms with van der Waals surface area (Å²) in [5.41, 5.74) is 2.29. The van der Waals surface area contributed by atoms with Gasteiger partial charge in [0.1, 0.15) is 12.4 Å². The molecule has 0 aliphatic carbocycles. The standard InChI is InChI=1S/C18H20N2O4S/c1-13-3-8-17(14(2)11-13)24-10-9-19-18(21)12-25-16-6-4-15(5-7-16)20(22)23/h3-8,11H,9-10,12H2,1-2H3,(H,19,21). The largest absolute Gasteiger partial charge is 0.491 e. The van der Waals surface area contributed by atoms with Crippen molar-refractivity contribution in [3.63, 3.8) is 0 Å². The number of carbonyl (C=O) groups excluding carboxylic acids is 1. The number of nitro groups is 1. The molecule has 0 radical (unpaired) electrons. The maximum absolute atomic E-state index is 11.8. The van der Waals surface area contributed by atoms with Crippen molar-refractivity contribution in [1.82, 2.24) is 5.32 Å². The Hall–Kier alpha value is -2.54. The van der Waals surface area contributed by atoms with E-state index in [0.717, 1.165) is 16.2 Å². The Morgan fingerprint density at radius 1 is 1.20 bits per heavy atom. The molecule has 2 aromatic carbocycles. The number of nitrogens with one attached hydrogen (secondary N) is 1. The number of amides is 1. The molecule has 0 aromatic heterocycles. The molecule has 6 nitrogen and oxygen atoms in total. The quantitative estimate of drug-likeness (QED) is 0.337. The molecule has 0 fully saturated rings. The monoisotopic (exact) mass is 360 g/mol. The van der Waals surface area contributed by atoms with Gasteiger partial charge in [-0.15, -0.1) is 11.8 Å². The summed E-state index contributed by atoms with van der Waals surface area (Å²) in [4.78, 5) is 22.8. The highest BCUT2D eigenvalue weighted by molar-refractivity contribution is 8.00. The summed E-state index contributed by atoms with van der Waals surface area (Å²) in [6.45, 7) is 4.84. The number of non-ortho nitro benzene ring substituents is 1. The molecule has 2 aromatic rings. The first kappa shape index (κ1) is 18.8. The summed E-state index contributed by atoms with van der Waals surface area (Å²) < 4.78 is 5.66. The molecule has 0 unspecified atom stereocenters. The zero-order valence-corrected chi connectivity index (χ0v) is 15.0. The number of aryl methyl sites for hydroxylation is 2. The topological polar surface area (TPSA) is 81.5 Å². The lowest BCUT2D eigenvalue weighted by atomic mass is 10.1. The fourth-order valence-corrected chi connectivity index (χ4v) is 2.91. The predicted octanol–water partition coefficient (Wildman–Crippen LogP) is 3.50. The third-order valence-corrected chi connectivity index (χ3v) is 4.44. The number of carbonyl (C=O) groups is 1. The smallest absolute Gasteiger partial charge is 0.269 e. The number of thioether (sulfide) groups is 1. The third-order valence-electron chi connectivity index (χ3n) is 3.43. The van der Waals surface area contributed by atoms with Gasteiger partial charge in [0.2, 0.25) is 5.91 Å². The van der Waals surface area contributed by atoms with Gasteiger partial charge in [-0.2, -0.15) is 0 Å². The Bertz CT molecular complexity index is 747. The lowest BCUT2D eigenvalue weighted by molar-refractivity contribution is -0.384. The van der Waals surface area contributed by atoms with Crippen LogP contribution in [0.4, 0.5) is 5.69 Å². The molecule has 0 atom stereocenters. The number of benzene rings is 2. The Morgan fingerprint density at radius 2 is 1.92 bits per heavy atom. The van der Waals surface area contributed by atoms with Gasteiger partial charge in [-0.1, -0.05) is 17.7 Å². The number of ether oxygens (including phenoxy) is 1. The first-order valence-electron chi connectivity index (χ1n) is 7.79. The van der Waals surface area contributed by atoms with E-state index in [-0.39, 0.29) is 17.3 Å². The Morgan fingerprint density at radius 3 is 2.56 bits per heavy atom. The Balaban J connectivity index is 1.67. The number of rotatable bonds is 8. The van der Waals surface area contributed by atoms with Crippen LogP contribution in [0.25, 0.3) is 0 Å². The van der Waals surface area contributed by atoms with Gasteiger partial charge in [0.05, 0.1) is 17.2 Å². The summed E-state index contributed by atoms with van der Waals surface area (Å²) in [6, 6.07) is 12.1. The molecule has 7 heteroatoms. The second-order valence-electron chi connectivity index (χ2n) is 5.51. The van der Waals surface area contributed by atoms with Crippen molar-refractivity contribution in [1.29, 1.82) is 0 Å². The van der Waals surface area contributed by atoms with E-state index in [1.807, 2.05) is 26.0 Å². The van der Waals surface area contributed by atoms with Gasteiger partial charge in [-0.05, 0) is 37.6 Å². The summed E-state index contributed by atoms with van der Waals surface area (Å²) in [5, 5.41) is 13.4. The fraction of sp³-hybridized carbons (Fsp3) is 0.278. The molecule has 0 aliphatic heterocycles. The second kappa shape index (κ2) is 9.08. The van der Waals surface area contributed by atoms with E-state index < -0.39 is 4.92 Å². The van der Waals surface area contributed by atoms with Crippen molar-refractivity contribution in [2.45, 2.75) is 18.7 Å². The molecular weight excluding hydrogens is 340 g/mol. The van der Waals surface area contributed by atoms with Crippen molar-refractivity contribution in [3.8, 4) is 5.75 Å². The minimum Gasteiger partial charge on any atom is -0.491 e. The lowest BCUT2D eigenvalue weighted by Gasteiger charge is -2.10. The predicted molar refractivity (Wildman–Crippen MR) is 98.2 cm³/mol. The Kier molecular flexibility index (Phi) is 6.82. The molecule has 2 rings (SSSR count). The molecule has 0 saturated heterocycles. The number of nitrogens with zero attached hydrogens (tertiary/aromatic N) is 1. The van der Waals surface area contributed by atoms with E-state index in [0.29, 0.717) is 13.2 Å². The van der Waals surface area contributed by atoms with Gasteiger partial charge in [0.15, 0.2) is 0 Å². The van der Waals surface area contributed by atoms with Crippen molar-refractivity contribution in [3.05, 3.63) is 63.7 Å². The van der Waals surface area contributed by atoms with Crippen LogP contribution in [0.2, 0.25) is 0 Å². The van der Waals surface area contributed by atoms with Crippen molar-refractivity contribution in [2.24, 2.45) is 0 Å². The average molecular weight is 360 g/mol. The highest BCUT2D eigenvalue weighted by Gasteiger charge is 2.06. The van der Waals surface area contributed by atoms with Crippen molar-refractivity contribution < 1.29 is 14.5 Å². The van der Waals surface area contributed by atoms with Crippen LogP contribution in [0.15, 0.2) is 47.4 Å². The molecule has 0 saturated carbocycles. The van der Waals surface area contributed by atoms with Crippen LogP contribution in [0, 0.1) is 24.0 Å². The SMILES string of the molecule is Cc1ccc(OCCNC(=O)CSc2ccc([N+](=O)[O-])cc2)c(C)c1. The molecule has 132 valence electrons. The van der Waals surface area contributed by atoms with E-state index in [4.69, 9.17) is 4.74 Å². The fourth-order valence-electron chi connectivity index (χ4n) is 2.18. The van der Waals surface area contributed by atoms with Gasteiger partial charge in [-0.25, -0.2) is 0 Å². The average Bonchev–Trinajstić information content (AvgIpc) is 2.58. The number of hydrogen-bond donors (Lipinski definition) is 1. The minimum absolute atomic E-state index is 0.0392. The van der Waals surface area contributed by atoms with Gasteiger partial charge < -0.3 is 10.1 Å². The molecule has 1 N–H and O–H groups in total. The summed E-state index contributed by atoms with van der Waals surface area (Å²) in [5.74, 6) is 0.967. The van der Waals surface area contributed by atoms with Gasteiger partial charge >= 0.3 is 0 Å². The molecule has 0 aliphatic rings. The normalized spacial score (nSPS) is 10.3. The van der Waals surface area contributed by atoms with Crippen LogP contribution < -0.4 is 10.1 Å². The van der Waals surface area contributed by atoms with E-state index in [9.17, 15) is 14.9 Å². The van der Waals surface area contributed by atoms with Crippen LogP contribution in [0.5, 0.6) is 5.75 Å². The zero-order chi connectivity index (χ0) is 18.2. The highest BCUT2D eigenvalue weighted by atomic mass is 32.2. The minimum atomic E-state index is -0.448. The van der Waals surface area contributed by atoms with Gasteiger partial charge in [0, 0.05) is 17.0 Å². The first-order valence-corrected chi connectivity index (χ1v) is 8.78. The molecule has 0 heterocycles. The maximum Gasteiger partial charge on any atom is 0.269 e. The molecule has 0 bridgehead atoms. The van der Waals surface area contributed by atoms with E-state index in [1.54, 1.807) is 12.1 Å². The summed E-state index contributed by atoms with van der Waals surface area (Å²) in [6.07, 6.45) is 0. The van der Waals surface area contributed by atoms with Crippen LogP contribution in [-0.4, -0.2) is 29.7 Å². The van der Waals surface area contributed by atoms with Gasteiger partial charge in [-0.3, -0.25) is 14.9 Å². The summed E-state index contributed by atoms with van der Waals surface area (Å²) >= 11 is 1.33. The molecular formula is C18H20N2O4S. The van der Waals surface area contributed by atoms with Crippen molar-refractivity contribution in [2.75, 3.05) is 18.9 Å². The first-order chi connectivity index (χ1) is 12.0. The third kappa shape index (κ3) is 6.11. The van der Waals surface area contributed by atoms with Crippen LogP contribution in [-0.2, 0) is 4.79 Å². The Labute approximate surface area is 150 Å². The maximum atomic E-state index is 11.8. The van der Waals surface area contributed by atoms with E-state index >= 15 is 0 Å².